The van der Waals surface area contributed by atoms with Crippen molar-refractivity contribution < 1.29 is 9.53 Å². The van der Waals surface area contributed by atoms with Crippen molar-refractivity contribution >= 4 is 39.1 Å². The van der Waals surface area contributed by atoms with Gasteiger partial charge in [-0.3, -0.25) is 14.9 Å². The Labute approximate surface area is 146 Å². The highest BCUT2D eigenvalue weighted by Crippen LogP contribution is 2.27. The molecule has 0 atom stereocenters. The molecule has 0 aliphatic carbocycles. The van der Waals surface area contributed by atoms with Crippen LogP contribution in [0.5, 0.6) is 0 Å². The number of rotatable bonds is 3. The van der Waals surface area contributed by atoms with Crippen molar-refractivity contribution in [3.63, 3.8) is 0 Å². The summed E-state index contributed by atoms with van der Waals surface area (Å²) in [6.45, 7) is 3.93. The molecule has 0 unspecified atom stereocenters. The van der Waals surface area contributed by atoms with Gasteiger partial charge in [-0.2, -0.15) is 0 Å². The summed E-state index contributed by atoms with van der Waals surface area (Å²) < 4.78 is 6.52. The molecule has 4 rings (SSSR count). The third-order valence-electron chi connectivity index (χ3n) is 3.97. The Hall–Kier alpha value is -2.93. The number of hydrogen-bond acceptors (Lipinski definition) is 5. The molecule has 3 aromatic heterocycles. The van der Waals surface area contributed by atoms with Crippen LogP contribution in [-0.4, -0.2) is 27.3 Å². The predicted octanol–water partition coefficient (Wildman–Crippen LogP) is 3.41. The summed E-state index contributed by atoms with van der Waals surface area (Å²) in [5.41, 5.74) is 1.66. The molecule has 0 aliphatic heterocycles. The molecule has 1 N–H and O–H groups in total. The summed E-state index contributed by atoms with van der Waals surface area (Å²) in [5.74, 6) is -0.435. The number of thiophene rings is 1. The van der Waals surface area contributed by atoms with Crippen molar-refractivity contribution in [2.24, 2.45) is 0 Å². The van der Waals surface area contributed by atoms with Gasteiger partial charge in [-0.1, -0.05) is 18.2 Å². The number of benzene rings is 1. The van der Waals surface area contributed by atoms with Gasteiger partial charge in [0.25, 0.3) is 5.56 Å². The second-order valence-corrected chi connectivity index (χ2v) is 6.85. The number of esters is 1. The van der Waals surface area contributed by atoms with E-state index >= 15 is 0 Å². The second-order valence-electron chi connectivity index (χ2n) is 5.61. The molecule has 0 amide bonds. The Morgan fingerprint density at radius 1 is 1.32 bits per heavy atom. The summed E-state index contributed by atoms with van der Waals surface area (Å²) in [5, 5.41) is 5.02. The zero-order chi connectivity index (χ0) is 17.6. The average Bonchev–Trinajstić information content (AvgIpc) is 3.15. The van der Waals surface area contributed by atoms with Crippen molar-refractivity contribution in [2.75, 3.05) is 6.61 Å². The highest BCUT2D eigenvalue weighted by atomic mass is 32.1. The number of carbonyl (C=O) groups is 1. The molecule has 4 aromatic rings. The monoisotopic (exact) mass is 353 g/mol. The number of aryl methyl sites for hydroxylation is 1. The van der Waals surface area contributed by atoms with Gasteiger partial charge in [-0.05, 0) is 26.0 Å². The van der Waals surface area contributed by atoms with Crippen LogP contribution < -0.4 is 5.56 Å². The second kappa shape index (κ2) is 5.86. The van der Waals surface area contributed by atoms with Gasteiger partial charge in [0.15, 0.2) is 0 Å². The number of hydrogen-bond donors (Lipinski definition) is 1. The Kier molecular flexibility index (Phi) is 3.65. The lowest BCUT2D eigenvalue weighted by molar-refractivity contribution is 0.0527. The summed E-state index contributed by atoms with van der Waals surface area (Å²) in [4.78, 5) is 30.4. The van der Waals surface area contributed by atoms with E-state index in [-0.39, 0.29) is 12.2 Å². The Balaban J connectivity index is 2.00. The minimum atomic E-state index is -0.435. The number of H-pyrrole nitrogens is 1. The van der Waals surface area contributed by atoms with Crippen LogP contribution in [0.1, 0.15) is 22.2 Å². The largest absolute Gasteiger partial charge is 0.462 e. The van der Waals surface area contributed by atoms with Crippen molar-refractivity contribution in [3.8, 4) is 5.00 Å². The fourth-order valence-corrected chi connectivity index (χ4v) is 3.83. The van der Waals surface area contributed by atoms with E-state index in [1.165, 1.54) is 16.0 Å². The average molecular weight is 353 g/mol. The van der Waals surface area contributed by atoms with Crippen molar-refractivity contribution in [3.05, 3.63) is 57.3 Å². The molecule has 0 saturated carbocycles. The van der Waals surface area contributed by atoms with E-state index in [2.05, 4.69) is 10.1 Å². The van der Waals surface area contributed by atoms with Crippen LogP contribution in [0, 0.1) is 6.92 Å². The van der Waals surface area contributed by atoms with E-state index in [0.717, 1.165) is 15.8 Å². The molecule has 7 heteroatoms. The molecule has 1 aromatic carbocycles. The van der Waals surface area contributed by atoms with Crippen molar-refractivity contribution in [1.82, 2.24) is 14.8 Å². The Bertz CT molecular complexity index is 1170. The Morgan fingerprint density at radius 2 is 2.12 bits per heavy atom. The molecule has 6 nitrogen and oxygen atoms in total. The van der Waals surface area contributed by atoms with Crippen LogP contribution >= 0.6 is 11.3 Å². The maximum Gasteiger partial charge on any atom is 0.341 e. The quantitative estimate of drug-likeness (QED) is 0.573. The van der Waals surface area contributed by atoms with Crippen molar-refractivity contribution in [2.45, 2.75) is 13.8 Å². The van der Waals surface area contributed by atoms with Gasteiger partial charge in [-0.15, -0.1) is 11.3 Å². The Morgan fingerprint density at radius 3 is 2.92 bits per heavy atom. The molecule has 126 valence electrons. The van der Waals surface area contributed by atoms with Crippen molar-refractivity contribution in [1.29, 1.82) is 0 Å². The molecule has 0 bridgehead atoms. The van der Waals surface area contributed by atoms with E-state index in [1.807, 2.05) is 31.2 Å². The number of carbonyl (C=O) groups excluding carboxylic acids is 1. The number of aromatic nitrogens is 3. The predicted molar refractivity (Wildman–Crippen MR) is 97.8 cm³/mol. The first kappa shape index (κ1) is 15.6. The van der Waals surface area contributed by atoms with Gasteiger partial charge in [0.1, 0.15) is 5.00 Å². The minimum Gasteiger partial charge on any atom is -0.462 e. The first-order valence-corrected chi connectivity index (χ1v) is 8.68. The molecular formula is C18H15N3O3S. The third kappa shape index (κ3) is 2.44. The van der Waals surface area contributed by atoms with Gasteiger partial charge in [-0.25, -0.2) is 9.48 Å². The topological polar surface area (TPSA) is 77.0 Å². The van der Waals surface area contributed by atoms with E-state index in [9.17, 15) is 9.59 Å². The molecule has 3 heterocycles. The maximum absolute atomic E-state index is 12.9. The maximum atomic E-state index is 12.9. The van der Waals surface area contributed by atoms with Gasteiger partial charge in [0.2, 0.25) is 0 Å². The van der Waals surface area contributed by atoms with Crippen LogP contribution in [-0.2, 0) is 4.74 Å². The minimum absolute atomic E-state index is 0.236. The summed E-state index contributed by atoms with van der Waals surface area (Å²) >= 11 is 1.37. The molecular weight excluding hydrogens is 338 g/mol. The van der Waals surface area contributed by atoms with Gasteiger partial charge < -0.3 is 4.74 Å². The van der Waals surface area contributed by atoms with Gasteiger partial charge in [0.05, 0.1) is 28.6 Å². The molecule has 0 fully saturated rings. The van der Waals surface area contributed by atoms with Crippen LogP contribution in [0.4, 0.5) is 0 Å². The zero-order valence-corrected chi connectivity index (χ0v) is 14.5. The van der Waals surface area contributed by atoms with Gasteiger partial charge >= 0.3 is 5.97 Å². The lowest BCUT2D eigenvalue weighted by Crippen LogP contribution is -2.16. The zero-order valence-electron chi connectivity index (χ0n) is 13.7. The first-order chi connectivity index (χ1) is 12.1. The number of nitrogens with zero attached hydrogens (tertiary/aromatic N) is 2. The van der Waals surface area contributed by atoms with E-state index in [4.69, 9.17) is 4.74 Å². The van der Waals surface area contributed by atoms with E-state index in [0.29, 0.717) is 21.5 Å². The normalized spacial score (nSPS) is 11.3. The molecule has 0 aliphatic rings. The van der Waals surface area contributed by atoms with E-state index < -0.39 is 5.97 Å². The number of para-hydroxylation sites is 1. The standard InChI is InChI=1S/C18H15N3O3S/c1-3-24-18(23)12-8-10(2)25-17(12)21-16(22)13-9-19-14-7-5-4-6-11(14)15(13)20-21/h4-9,20H,3H2,1-2H3. The molecule has 25 heavy (non-hydrogen) atoms. The lowest BCUT2D eigenvalue weighted by Gasteiger charge is -2.03. The van der Waals surface area contributed by atoms with E-state index in [1.54, 1.807) is 19.2 Å². The highest BCUT2D eigenvalue weighted by Gasteiger charge is 2.21. The summed E-state index contributed by atoms with van der Waals surface area (Å²) in [7, 11) is 0. The smallest absolute Gasteiger partial charge is 0.341 e. The van der Waals surface area contributed by atoms with Crippen LogP contribution in [0.15, 0.2) is 41.3 Å². The van der Waals surface area contributed by atoms with Gasteiger partial charge in [0, 0.05) is 16.5 Å². The number of fused-ring (bicyclic) bond motifs is 3. The van der Waals surface area contributed by atoms with Crippen LogP contribution in [0.2, 0.25) is 0 Å². The fraction of sp³-hybridized carbons (Fsp3) is 0.167. The third-order valence-corrected chi connectivity index (χ3v) is 5.00. The number of ether oxygens (including phenoxy) is 1. The van der Waals surface area contributed by atoms with Crippen LogP contribution in [0.25, 0.3) is 26.8 Å². The molecule has 0 spiro atoms. The summed E-state index contributed by atoms with van der Waals surface area (Å²) in [6.07, 6.45) is 1.57. The summed E-state index contributed by atoms with van der Waals surface area (Å²) in [6, 6.07) is 9.35. The fourth-order valence-electron chi connectivity index (χ4n) is 2.87. The number of aromatic amines is 1. The van der Waals surface area contributed by atoms with Crippen LogP contribution in [0.3, 0.4) is 0 Å². The SMILES string of the molecule is CCOC(=O)c1cc(C)sc1-n1[nH]c2c(cnc3ccccc32)c1=O. The first-order valence-electron chi connectivity index (χ1n) is 7.86. The highest BCUT2D eigenvalue weighted by molar-refractivity contribution is 7.14. The number of pyridine rings is 1. The lowest BCUT2D eigenvalue weighted by atomic mass is 10.2. The molecule has 0 radical (unpaired) electrons. The number of nitrogens with one attached hydrogen (secondary N) is 1. The molecule has 0 saturated heterocycles.